The molecule has 0 aromatic carbocycles. The Morgan fingerprint density at radius 1 is 0.528 bits per heavy atom. The van der Waals surface area contributed by atoms with Gasteiger partial charge >= 0.3 is 0 Å². The van der Waals surface area contributed by atoms with Crippen molar-refractivity contribution in [1.82, 2.24) is 0 Å². The number of hydrogen-bond acceptors (Lipinski definition) is 4. The van der Waals surface area contributed by atoms with Gasteiger partial charge in [-0.3, -0.25) is 0 Å². The molecule has 4 aromatic rings. The Morgan fingerprint density at radius 2 is 0.972 bits per heavy atom. The Labute approximate surface area is 250 Å². The number of halogens is 2. The van der Waals surface area contributed by atoms with Crippen LogP contribution in [0.2, 0.25) is 0 Å². The van der Waals surface area contributed by atoms with Gasteiger partial charge in [0.1, 0.15) is 0 Å². The van der Waals surface area contributed by atoms with Crippen LogP contribution in [0.3, 0.4) is 0 Å². The maximum atomic E-state index is 3.74. The summed E-state index contributed by atoms with van der Waals surface area (Å²) in [6, 6.07) is 14.1. The SMILES string of the molecule is CCCCCCc1cc(Br)sc1-c1ccc(CCc2ccc(-c3sc(Br)cc3CCCCCC)s2)s1. The van der Waals surface area contributed by atoms with Crippen LogP contribution in [0.1, 0.15) is 86.1 Å². The molecule has 0 aliphatic heterocycles. The molecule has 0 aliphatic rings. The van der Waals surface area contributed by atoms with Crippen LogP contribution in [0.25, 0.3) is 19.5 Å². The lowest BCUT2D eigenvalue weighted by atomic mass is 10.1. The highest BCUT2D eigenvalue weighted by Gasteiger charge is 2.15. The molecule has 0 aliphatic carbocycles. The predicted molar refractivity (Wildman–Crippen MR) is 174 cm³/mol. The van der Waals surface area contributed by atoms with E-state index in [0.29, 0.717) is 0 Å². The Bertz CT molecular complexity index is 1120. The summed E-state index contributed by atoms with van der Waals surface area (Å²) >= 11 is 15.3. The second-order valence-electron chi connectivity index (χ2n) is 9.46. The fraction of sp³-hybridized carbons (Fsp3) is 0.467. The molecular formula is C30H36Br2S4. The van der Waals surface area contributed by atoms with Crippen LogP contribution in [0, 0.1) is 0 Å². The first-order chi connectivity index (χ1) is 17.6. The second-order valence-corrected chi connectivity index (χ2v) is 16.7. The van der Waals surface area contributed by atoms with Gasteiger partial charge in [0.2, 0.25) is 0 Å². The van der Waals surface area contributed by atoms with Crippen LogP contribution in [0.4, 0.5) is 0 Å². The molecule has 0 N–H and O–H groups in total. The van der Waals surface area contributed by atoms with Crippen LogP contribution in [0.15, 0.2) is 44.0 Å². The monoisotopic (exact) mass is 682 g/mol. The maximum Gasteiger partial charge on any atom is 0.0708 e. The van der Waals surface area contributed by atoms with Gasteiger partial charge in [0.15, 0.2) is 0 Å². The quantitative estimate of drug-likeness (QED) is 0.109. The first kappa shape index (κ1) is 28.8. The van der Waals surface area contributed by atoms with E-state index in [4.69, 9.17) is 0 Å². The molecule has 0 amide bonds. The fourth-order valence-electron chi connectivity index (χ4n) is 4.58. The Kier molecular flexibility index (Phi) is 11.8. The summed E-state index contributed by atoms with van der Waals surface area (Å²) in [7, 11) is 0. The van der Waals surface area contributed by atoms with Gasteiger partial charge in [0.25, 0.3) is 0 Å². The molecule has 4 heterocycles. The van der Waals surface area contributed by atoms with Gasteiger partial charge in [-0.25, -0.2) is 0 Å². The van der Waals surface area contributed by atoms with Gasteiger partial charge < -0.3 is 0 Å². The minimum absolute atomic E-state index is 1.13. The summed E-state index contributed by atoms with van der Waals surface area (Å²) in [5.74, 6) is 0. The van der Waals surface area contributed by atoms with Crippen molar-refractivity contribution >= 4 is 77.2 Å². The molecule has 0 spiro atoms. The van der Waals surface area contributed by atoms with E-state index >= 15 is 0 Å². The number of hydrogen-bond donors (Lipinski definition) is 0. The van der Waals surface area contributed by atoms with Gasteiger partial charge in [-0.1, -0.05) is 52.4 Å². The lowest BCUT2D eigenvalue weighted by molar-refractivity contribution is 0.668. The molecule has 0 radical (unpaired) electrons. The summed E-state index contributed by atoms with van der Waals surface area (Å²) in [6.45, 7) is 4.57. The standard InChI is InChI=1S/C30H36Br2S4/c1-3-5-7-9-11-21-19-27(31)35-29(21)25-17-15-23(33-25)13-14-24-16-18-26(34-24)30-22(20-28(32)36-30)12-10-8-6-4-2/h15-20H,3-14H2,1-2H3. The summed E-state index contributed by atoms with van der Waals surface area (Å²) in [4.78, 5) is 8.82. The zero-order valence-electron chi connectivity index (χ0n) is 21.3. The first-order valence-corrected chi connectivity index (χ1v) is 18.2. The molecule has 0 atom stereocenters. The van der Waals surface area contributed by atoms with E-state index < -0.39 is 0 Å². The molecule has 194 valence electrons. The van der Waals surface area contributed by atoms with Crippen molar-refractivity contribution in [3.8, 4) is 19.5 Å². The van der Waals surface area contributed by atoms with Gasteiger partial charge in [0.05, 0.1) is 7.57 Å². The third-order valence-electron chi connectivity index (χ3n) is 6.55. The highest BCUT2D eigenvalue weighted by molar-refractivity contribution is 9.11. The number of rotatable bonds is 15. The molecule has 0 saturated carbocycles. The molecule has 0 fully saturated rings. The lowest BCUT2D eigenvalue weighted by Crippen LogP contribution is -1.85. The molecule has 4 aromatic heterocycles. The summed E-state index contributed by atoms with van der Waals surface area (Å²) in [5, 5.41) is 0. The lowest BCUT2D eigenvalue weighted by Gasteiger charge is -2.02. The Morgan fingerprint density at radius 3 is 1.39 bits per heavy atom. The highest BCUT2D eigenvalue weighted by Crippen LogP contribution is 2.42. The summed E-state index contributed by atoms with van der Waals surface area (Å²) in [5.41, 5.74) is 3.04. The molecular weight excluding hydrogens is 648 g/mol. The van der Waals surface area contributed by atoms with Gasteiger partial charge in [-0.15, -0.1) is 45.3 Å². The van der Waals surface area contributed by atoms with E-state index in [9.17, 15) is 0 Å². The van der Waals surface area contributed by atoms with Crippen molar-refractivity contribution in [1.29, 1.82) is 0 Å². The van der Waals surface area contributed by atoms with Crippen LogP contribution >= 0.6 is 77.2 Å². The van der Waals surface area contributed by atoms with Gasteiger partial charge in [-0.2, -0.15) is 0 Å². The molecule has 4 rings (SSSR count). The largest absolute Gasteiger partial charge is 0.139 e. The Hall–Kier alpha value is -0.240. The number of thiophene rings is 4. The highest BCUT2D eigenvalue weighted by atomic mass is 79.9. The van der Waals surface area contributed by atoms with Crippen LogP contribution < -0.4 is 0 Å². The van der Waals surface area contributed by atoms with Crippen LogP contribution in [0.5, 0.6) is 0 Å². The van der Waals surface area contributed by atoms with Crippen molar-refractivity contribution < 1.29 is 0 Å². The minimum atomic E-state index is 1.13. The average molecular weight is 685 g/mol. The fourth-order valence-corrected chi connectivity index (χ4v) is 10.3. The maximum absolute atomic E-state index is 3.74. The van der Waals surface area contributed by atoms with Gasteiger partial charge in [0, 0.05) is 29.3 Å². The number of unbranched alkanes of at least 4 members (excludes halogenated alkanes) is 6. The third-order valence-corrected chi connectivity index (χ3v) is 12.6. The van der Waals surface area contributed by atoms with Crippen molar-refractivity contribution in [2.45, 2.75) is 90.9 Å². The third kappa shape index (κ3) is 8.13. The minimum Gasteiger partial charge on any atom is -0.139 e. The molecule has 0 unspecified atom stereocenters. The molecule has 0 nitrogen and oxygen atoms in total. The van der Waals surface area contributed by atoms with Crippen molar-refractivity contribution in [3.05, 3.63) is 64.9 Å². The molecule has 0 saturated heterocycles. The second kappa shape index (κ2) is 14.8. The van der Waals surface area contributed by atoms with Gasteiger partial charge in [-0.05, 0) is 118 Å². The number of aryl methyl sites for hydroxylation is 4. The van der Waals surface area contributed by atoms with E-state index in [0.717, 1.165) is 12.8 Å². The van der Waals surface area contributed by atoms with Crippen molar-refractivity contribution in [2.24, 2.45) is 0 Å². The topological polar surface area (TPSA) is 0 Å². The molecule has 6 heteroatoms. The smallest absolute Gasteiger partial charge is 0.0708 e. The predicted octanol–water partition coefficient (Wildman–Crippen LogP) is 12.8. The van der Waals surface area contributed by atoms with Crippen LogP contribution in [-0.2, 0) is 25.7 Å². The Balaban J connectivity index is 1.36. The van der Waals surface area contributed by atoms with Crippen LogP contribution in [-0.4, -0.2) is 0 Å². The zero-order chi connectivity index (χ0) is 25.3. The van der Waals surface area contributed by atoms with E-state index in [1.807, 2.05) is 45.3 Å². The van der Waals surface area contributed by atoms with E-state index in [1.54, 1.807) is 0 Å². The summed E-state index contributed by atoms with van der Waals surface area (Å²) in [6.07, 6.45) is 15.2. The average Bonchev–Trinajstić information content (AvgIpc) is 3.65. The van der Waals surface area contributed by atoms with E-state index in [2.05, 4.69) is 82.1 Å². The molecule has 36 heavy (non-hydrogen) atoms. The summed E-state index contributed by atoms with van der Waals surface area (Å²) < 4.78 is 2.52. The van der Waals surface area contributed by atoms with E-state index in [-0.39, 0.29) is 0 Å². The van der Waals surface area contributed by atoms with E-state index in [1.165, 1.54) is 112 Å². The van der Waals surface area contributed by atoms with Crippen molar-refractivity contribution in [2.75, 3.05) is 0 Å². The molecule has 0 bridgehead atoms. The normalized spacial score (nSPS) is 11.6. The zero-order valence-corrected chi connectivity index (χ0v) is 27.8. The first-order valence-electron chi connectivity index (χ1n) is 13.3. The van der Waals surface area contributed by atoms with Crippen molar-refractivity contribution in [3.63, 3.8) is 0 Å².